The van der Waals surface area contributed by atoms with Gasteiger partial charge in [0.25, 0.3) is 5.91 Å². The number of benzene rings is 2. The minimum Gasteiger partial charge on any atom is -0.366 e. The van der Waals surface area contributed by atoms with Gasteiger partial charge >= 0.3 is 0 Å². The molecule has 0 radical (unpaired) electrons. The highest BCUT2D eigenvalue weighted by molar-refractivity contribution is 6.76. The lowest BCUT2D eigenvalue weighted by atomic mass is 10.1. The summed E-state index contributed by atoms with van der Waals surface area (Å²) in [4.78, 5) is 12.0. The first-order valence-corrected chi connectivity index (χ1v) is 13.7. The fraction of sp³-hybridized carbons (Fsp3) is 0.273. The molecule has 31 heavy (non-hydrogen) atoms. The third kappa shape index (κ3) is 4.10. The molecular formula is C22H24F2N4O2Si. The molecule has 0 aliphatic heterocycles. The molecular weight excluding hydrogens is 418 g/mol. The van der Waals surface area contributed by atoms with E-state index in [-0.39, 0.29) is 18.1 Å². The van der Waals surface area contributed by atoms with Gasteiger partial charge in [-0.05, 0) is 35.9 Å². The van der Waals surface area contributed by atoms with Crippen LogP contribution in [0, 0.1) is 11.6 Å². The standard InChI is InChI=1S/C22H24F2N4O2Si/c1-31(2,3)9-8-30-13-27-19-11-16(24)10-17(21(25)29)20(19)28-22(27)18(12-26-28)14-4-6-15(23)7-5-14/h4-7,10-12H,8-9,13H2,1-3H3,(H2,25,29). The van der Waals surface area contributed by atoms with E-state index in [1.165, 1.54) is 18.2 Å². The SMILES string of the molecule is C[Si](C)(C)CCOCn1c2cc(F)cc(C(N)=O)c2n2ncc(-c3ccc(F)cc3)c12. The number of ether oxygens (including phenoxy) is 1. The Hall–Kier alpha value is -3.04. The highest BCUT2D eigenvalue weighted by Crippen LogP contribution is 2.32. The fourth-order valence-corrected chi connectivity index (χ4v) is 4.34. The van der Waals surface area contributed by atoms with E-state index in [2.05, 4.69) is 24.7 Å². The van der Waals surface area contributed by atoms with Crippen molar-refractivity contribution < 1.29 is 18.3 Å². The minimum atomic E-state index is -1.28. The first-order chi connectivity index (χ1) is 14.7. The van der Waals surface area contributed by atoms with Crippen molar-refractivity contribution in [2.45, 2.75) is 32.4 Å². The van der Waals surface area contributed by atoms with Crippen molar-refractivity contribution in [1.29, 1.82) is 0 Å². The Morgan fingerprint density at radius 1 is 1.13 bits per heavy atom. The summed E-state index contributed by atoms with van der Waals surface area (Å²) in [5, 5.41) is 4.43. The van der Waals surface area contributed by atoms with Gasteiger partial charge in [-0.1, -0.05) is 31.8 Å². The summed E-state index contributed by atoms with van der Waals surface area (Å²) in [6.07, 6.45) is 1.63. The number of primary amides is 1. The average Bonchev–Trinajstić information content (AvgIpc) is 3.23. The maximum atomic E-state index is 14.4. The highest BCUT2D eigenvalue weighted by atomic mass is 28.3. The van der Waals surface area contributed by atoms with Crippen LogP contribution in [-0.2, 0) is 11.5 Å². The first kappa shape index (κ1) is 21.2. The van der Waals surface area contributed by atoms with Gasteiger partial charge < -0.3 is 10.5 Å². The molecule has 0 saturated carbocycles. The van der Waals surface area contributed by atoms with Crippen molar-refractivity contribution in [3.05, 3.63) is 59.8 Å². The number of imidazole rings is 1. The molecule has 6 nitrogen and oxygen atoms in total. The molecule has 2 N–H and O–H groups in total. The fourth-order valence-electron chi connectivity index (χ4n) is 3.58. The van der Waals surface area contributed by atoms with Crippen molar-refractivity contribution in [3.8, 4) is 11.1 Å². The van der Waals surface area contributed by atoms with Gasteiger partial charge in [-0.15, -0.1) is 0 Å². The lowest BCUT2D eigenvalue weighted by Crippen LogP contribution is -2.22. The van der Waals surface area contributed by atoms with Gasteiger partial charge in [0.15, 0.2) is 0 Å². The van der Waals surface area contributed by atoms with E-state index in [1.54, 1.807) is 27.4 Å². The Bertz CT molecular complexity index is 1270. The summed E-state index contributed by atoms with van der Waals surface area (Å²) in [7, 11) is -1.28. The predicted octanol–water partition coefficient (Wildman–Crippen LogP) is 4.65. The van der Waals surface area contributed by atoms with E-state index < -0.39 is 19.8 Å². The van der Waals surface area contributed by atoms with Crippen LogP contribution in [0.15, 0.2) is 42.6 Å². The summed E-state index contributed by atoms with van der Waals surface area (Å²) in [6.45, 7) is 7.51. The average molecular weight is 443 g/mol. The first-order valence-electron chi connectivity index (χ1n) is 9.99. The Kier molecular flexibility index (Phi) is 5.40. The minimum absolute atomic E-state index is 0.0367. The molecule has 0 aliphatic carbocycles. The number of rotatable bonds is 7. The largest absolute Gasteiger partial charge is 0.366 e. The molecule has 1 amide bonds. The Morgan fingerprint density at radius 3 is 2.48 bits per heavy atom. The van der Waals surface area contributed by atoms with Gasteiger partial charge in [-0.2, -0.15) is 5.10 Å². The number of fused-ring (bicyclic) bond motifs is 3. The number of nitrogens with two attached hydrogens (primary N) is 1. The monoisotopic (exact) mass is 442 g/mol. The number of hydrogen-bond acceptors (Lipinski definition) is 3. The molecule has 0 saturated heterocycles. The molecule has 0 spiro atoms. The van der Waals surface area contributed by atoms with Gasteiger partial charge in [0.1, 0.15) is 29.5 Å². The molecule has 2 heterocycles. The Labute approximate surface area is 179 Å². The number of aromatic nitrogens is 3. The Balaban J connectivity index is 1.91. The molecule has 0 fully saturated rings. The summed E-state index contributed by atoms with van der Waals surface area (Å²) in [5.41, 5.74) is 8.49. The molecule has 4 rings (SSSR count). The summed E-state index contributed by atoms with van der Waals surface area (Å²) in [5.74, 6) is -1.67. The van der Waals surface area contributed by atoms with Gasteiger partial charge in [0, 0.05) is 20.2 Å². The topological polar surface area (TPSA) is 74.5 Å². The molecule has 9 heteroatoms. The molecule has 0 unspecified atom stereocenters. The second-order valence-electron chi connectivity index (χ2n) is 8.76. The third-order valence-electron chi connectivity index (χ3n) is 5.19. The van der Waals surface area contributed by atoms with E-state index in [4.69, 9.17) is 10.5 Å². The summed E-state index contributed by atoms with van der Waals surface area (Å²) < 4.78 is 37.1. The molecule has 162 valence electrons. The molecule has 4 aromatic rings. The second kappa shape index (κ2) is 7.90. The maximum Gasteiger partial charge on any atom is 0.251 e. The smallest absolute Gasteiger partial charge is 0.251 e. The van der Waals surface area contributed by atoms with Gasteiger partial charge in [-0.3, -0.25) is 9.36 Å². The van der Waals surface area contributed by atoms with Crippen molar-refractivity contribution in [2.75, 3.05) is 6.61 Å². The molecule has 0 aliphatic rings. The number of amides is 1. The van der Waals surface area contributed by atoms with Crippen LogP contribution in [-0.4, -0.2) is 34.8 Å². The van der Waals surface area contributed by atoms with Crippen molar-refractivity contribution in [1.82, 2.24) is 14.2 Å². The van der Waals surface area contributed by atoms with E-state index in [0.717, 1.165) is 17.7 Å². The summed E-state index contributed by atoms with van der Waals surface area (Å²) >= 11 is 0. The normalized spacial score (nSPS) is 12.2. The van der Waals surface area contributed by atoms with Crippen molar-refractivity contribution in [3.63, 3.8) is 0 Å². The van der Waals surface area contributed by atoms with Crippen LogP contribution in [0.5, 0.6) is 0 Å². The van der Waals surface area contributed by atoms with E-state index in [0.29, 0.717) is 28.9 Å². The van der Waals surface area contributed by atoms with Crippen LogP contribution in [0.4, 0.5) is 8.78 Å². The van der Waals surface area contributed by atoms with Gasteiger partial charge in [0.2, 0.25) is 0 Å². The lowest BCUT2D eigenvalue weighted by Gasteiger charge is -2.16. The van der Waals surface area contributed by atoms with Crippen LogP contribution in [0.25, 0.3) is 27.8 Å². The van der Waals surface area contributed by atoms with Crippen LogP contribution in [0.2, 0.25) is 25.7 Å². The zero-order chi connectivity index (χ0) is 22.3. The molecule has 0 bridgehead atoms. The lowest BCUT2D eigenvalue weighted by molar-refractivity contribution is 0.0925. The van der Waals surface area contributed by atoms with Gasteiger partial charge in [-0.25, -0.2) is 13.3 Å². The Morgan fingerprint density at radius 2 is 1.84 bits per heavy atom. The summed E-state index contributed by atoms with van der Waals surface area (Å²) in [6, 6.07) is 9.46. The molecule has 2 aromatic heterocycles. The van der Waals surface area contributed by atoms with E-state index in [1.807, 2.05) is 0 Å². The van der Waals surface area contributed by atoms with Crippen LogP contribution in [0.3, 0.4) is 0 Å². The zero-order valence-electron chi connectivity index (χ0n) is 17.7. The number of halogens is 2. The molecule has 2 aromatic carbocycles. The van der Waals surface area contributed by atoms with E-state index >= 15 is 0 Å². The van der Waals surface area contributed by atoms with Crippen LogP contribution in [0.1, 0.15) is 10.4 Å². The maximum absolute atomic E-state index is 14.4. The number of carbonyl (C=O) groups is 1. The predicted molar refractivity (Wildman–Crippen MR) is 119 cm³/mol. The number of carbonyl (C=O) groups excluding carboxylic acids is 1. The number of hydrogen-bond donors (Lipinski definition) is 1. The second-order valence-corrected chi connectivity index (χ2v) is 14.4. The van der Waals surface area contributed by atoms with Gasteiger partial charge in [0.05, 0.1) is 17.3 Å². The van der Waals surface area contributed by atoms with Crippen molar-refractivity contribution in [2.24, 2.45) is 5.73 Å². The third-order valence-corrected chi connectivity index (χ3v) is 6.90. The molecule has 0 atom stereocenters. The quantitative estimate of drug-likeness (QED) is 0.335. The van der Waals surface area contributed by atoms with Crippen LogP contribution < -0.4 is 5.73 Å². The highest BCUT2D eigenvalue weighted by Gasteiger charge is 2.23. The van der Waals surface area contributed by atoms with Crippen LogP contribution >= 0.6 is 0 Å². The van der Waals surface area contributed by atoms with E-state index in [9.17, 15) is 13.6 Å². The number of nitrogens with zero attached hydrogens (tertiary/aromatic N) is 3. The van der Waals surface area contributed by atoms with Crippen molar-refractivity contribution >= 4 is 30.7 Å². The zero-order valence-corrected chi connectivity index (χ0v) is 18.7.